The van der Waals surface area contributed by atoms with Crippen molar-refractivity contribution in [2.45, 2.75) is 25.3 Å². The molecule has 1 atom stereocenters. The second-order valence-electron chi connectivity index (χ2n) is 5.15. The number of nitrogens with zero attached hydrogens (tertiary/aromatic N) is 2. The average Bonchev–Trinajstić information content (AvgIpc) is 2.88. The molecule has 1 aliphatic rings. The number of amides is 1. The summed E-state index contributed by atoms with van der Waals surface area (Å²) in [6.45, 7) is 0. The maximum atomic E-state index is 12.1. The van der Waals surface area contributed by atoms with E-state index in [9.17, 15) is 14.9 Å². The van der Waals surface area contributed by atoms with Gasteiger partial charge in [-0.15, -0.1) is 23.7 Å². The summed E-state index contributed by atoms with van der Waals surface area (Å²) in [5, 5.41) is 13.9. The molecular formula is C14H15ClN4O3S. The van der Waals surface area contributed by atoms with E-state index in [1.807, 2.05) is 0 Å². The van der Waals surface area contributed by atoms with Gasteiger partial charge in [-0.1, -0.05) is 0 Å². The molecule has 0 unspecified atom stereocenters. The van der Waals surface area contributed by atoms with E-state index in [2.05, 4.69) is 10.3 Å². The summed E-state index contributed by atoms with van der Waals surface area (Å²) in [7, 11) is 0. The van der Waals surface area contributed by atoms with E-state index in [1.54, 1.807) is 0 Å². The lowest BCUT2D eigenvalue weighted by Gasteiger charge is -2.15. The van der Waals surface area contributed by atoms with Crippen LogP contribution in [-0.4, -0.2) is 21.9 Å². The molecule has 0 aliphatic heterocycles. The predicted octanol–water partition coefficient (Wildman–Crippen LogP) is 2.54. The summed E-state index contributed by atoms with van der Waals surface area (Å²) in [6, 6.07) is 5.63. The molecule has 9 heteroatoms. The maximum absolute atomic E-state index is 12.1. The second-order valence-corrected chi connectivity index (χ2v) is 6.23. The summed E-state index contributed by atoms with van der Waals surface area (Å²) in [5.74, 6) is -0.328. The first-order valence-corrected chi connectivity index (χ1v) is 7.64. The number of benzene rings is 1. The van der Waals surface area contributed by atoms with Gasteiger partial charge in [-0.25, -0.2) is 4.98 Å². The van der Waals surface area contributed by atoms with Crippen LogP contribution in [0.4, 0.5) is 10.8 Å². The van der Waals surface area contributed by atoms with Crippen molar-refractivity contribution in [1.29, 1.82) is 0 Å². The Balaban J connectivity index is 0.00000192. The minimum atomic E-state index is -0.500. The molecule has 0 fully saturated rings. The summed E-state index contributed by atoms with van der Waals surface area (Å²) in [4.78, 5) is 27.8. The molecular weight excluding hydrogens is 340 g/mol. The largest absolute Gasteiger partial charge is 0.327 e. The fourth-order valence-corrected chi connectivity index (χ4v) is 3.45. The molecule has 1 heterocycles. The Kier molecular flexibility index (Phi) is 5.30. The van der Waals surface area contributed by atoms with Crippen molar-refractivity contribution in [3.8, 4) is 0 Å². The lowest BCUT2D eigenvalue weighted by atomic mass is 9.99. The number of hydrogen-bond acceptors (Lipinski definition) is 6. The van der Waals surface area contributed by atoms with Crippen LogP contribution in [0, 0.1) is 10.1 Å². The van der Waals surface area contributed by atoms with E-state index < -0.39 is 4.92 Å². The van der Waals surface area contributed by atoms with E-state index in [1.165, 1.54) is 35.6 Å². The van der Waals surface area contributed by atoms with Crippen LogP contribution < -0.4 is 11.1 Å². The van der Waals surface area contributed by atoms with Gasteiger partial charge in [0, 0.05) is 28.6 Å². The Morgan fingerprint density at radius 1 is 1.39 bits per heavy atom. The fourth-order valence-electron chi connectivity index (χ4n) is 2.36. The third kappa shape index (κ3) is 3.84. The predicted molar refractivity (Wildman–Crippen MR) is 90.4 cm³/mol. The van der Waals surface area contributed by atoms with Gasteiger partial charge in [-0.3, -0.25) is 20.2 Å². The number of fused-ring (bicyclic) bond motifs is 1. The number of nitrogens with two attached hydrogens (primary N) is 1. The van der Waals surface area contributed by atoms with E-state index in [-0.39, 0.29) is 30.0 Å². The molecule has 122 valence electrons. The van der Waals surface area contributed by atoms with Crippen molar-refractivity contribution >= 4 is 40.5 Å². The molecule has 7 nitrogen and oxygen atoms in total. The van der Waals surface area contributed by atoms with Crippen LogP contribution in [0.25, 0.3) is 0 Å². The number of nitro groups is 1. The molecule has 1 aliphatic carbocycles. The number of halogens is 1. The first-order chi connectivity index (χ1) is 10.5. The van der Waals surface area contributed by atoms with Gasteiger partial charge in [0.15, 0.2) is 5.13 Å². The zero-order valence-corrected chi connectivity index (χ0v) is 13.7. The van der Waals surface area contributed by atoms with E-state index in [4.69, 9.17) is 5.73 Å². The zero-order valence-electron chi connectivity index (χ0n) is 12.0. The number of non-ortho nitro benzene ring substituents is 1. The monoisotopic (exact) mass is 354 g/mol. The molecule has 1 amide bonds. The Labute approximate surface area is 142 Å². The molecule has 3 rings (SSSR count). The van der Waals surface area contributed by atoms with Crippen LogP contribution in [0.15, 0.2) is 24.3 Å². The van der Waals surface area contributed by atoms with Crippen LogP contribution in [0.5, 0.6) is 0 Å². The molecule has 0 spiro atoms. The number of hydrogen-bond donors (Lipinski definition) is 2. The van der Waals surface area contributed by atoms with Crippen molar-refractivity contribution in [2.24, 2.45) is 5.73 Å². The number of thiazole rings is 1. The Morgan fingerprint density at radius 3 is 2.74 bits per heavy atom. The van der Waals surface area contributed by atoms with Gasteiger partial charge in [-0.05, 0) is 31.4 Å². The number of carbonyl (C=O) groups excluding carboxylic acids is 1. The maximum Gasteiger partial charge on any atom is 0.269 e. The third-order valence-corrected chi connectivity index (χ3v) is 4.57. The lowest BCUT2D eigenvalue weighted by Crippen LogP contribution is -2.27. The summed E-state index contributed by atoms with van der Waals surface area (Å²) in [6.07, 6.45) is 2.53. The zero-order chi connectivity index (χ0) is 15.7. The number of anilines is 1. The number of carbonyl (C=O) groups is 1. The summed E-state index contributed by atoms with van der Waals surface area (Å²) < 4.78 is 0. The summed E-state index contributed by atoms with van der Waals surface area (Å²) in [5.41, 5.74) is 7.24. The number of rotatable bonds is 3. The standard InChI is InChI=1S/C14H14N4O3S.ClH/c15-9-3-6-11-12(7-9)22-14(16-11)17-13(19)8-1-4-10(5-2-8)18(20)21;/h1-2,4-5,9H,3,6-7,15H2,(H,16,17,19);1H/t9-;/m0./s1. The SMILES string of the molecule is Cl.N[C@H]1CCc2nc(NC(=O)c3ccc([N+](=O)[O-])cc3)sc2C1. The van der Waals surface area contributed by atoms with Gasteiger partial charge in [-0.2, -0.15) is 0 Å². The normalized spacial score (nSPS) is 16.1. The lowest BCUT2D eigenvalue weighted by molar-refractivity contribution is -0.384. The number of nitrogens with one attached hydrogen (secondary N) is 1. The van der Waals surface area contributed by atoms with Gasteiger partial charge in [0.1, 0.15) is 0 Å². The quantitative estimate of drug-likeness (QED) is 0.649. The molecule has 0 bridgehead atoms. The smallest absolute Gasteiger partial charge is 0.269 e. The van der Waals surface area contributed by atoms with Crippen LogP contribution in [0.1, 0.15) is 27.3 Å². The highest BCUT2D eigenvalue weighted by atomic mass is 35.5. The van der Waals surface area contributed by atoms with E-state index >= 15 is 0 Å². The molecule has 3 N–H and O–H groups in total. The van der Waals surface area contributed by atoms with Gasteiger partial charge in [0.25, 0.3) is 11.6 Å². The van der Waals surface area contributed by atoms with Crippen molar-refractivity contribution in [2.75, 3.05) is 5.32 Å². The highest BCUT2D eigenvalue weighted by molar-refractivity contribution is 7.15. The Hall–Kier alpha value is -2.03. The van der Waals surface area contributed by atoms with Crippen molar-refractivity contribution in [3.63, 3.8) is 0 Å². The van der Waals surface area contributed by atoms with Crippen molar-refractivity contribution < 1.29 is 9.72 Å². The van der Waals surface area contributed by atoms with E-state index in [0.29, 0.717) is 10.7 Å². The van der Waals surface area contributed by atoms with Gasteiger partial charge >= 0.3 is 0 Å². The second kappa shape index (κ2) is 7.03. The molecule has 1 aromatic heterocycles. The first kappa shape index (κ1) is 17.3. The van der Waals surface area contributed by atoms with Crippen LogP contribution in [0.3, 0.4) is 0 Å². The minimum Gasteiger partial charge on any atom is -0.327 e. The molecule has 0 radical (unpaired) electrons. The summed E-state index contributed by atoms with van der Waals surface area (Å²) >= 11 is 1.44. The molecule has 1 aromatic carbocycles. The van der Waals surface area contributed by atoms with E-state index in [0.717, 1.165) is 29.8 Å². The first-order valence-electron chi connectivity index (χ1n) is 6.83. The number of nitro benzene ring substituents is 1. The molecule has 0 saturated carbocycles. The topological polar surface area (TPSA) is 111 Å². The highest BCUT2D eigenvalue weighted by Gasteiger charge is 2.21. The third-order valence-electron chi connectivity index (χ3n) is 3.54. The minimum absolute atomic E-state index is 0. The molecule has 2 aromatic rings. The Morgan fingerprint density at radius 2 is 2.09 bits per heavy atom. The van der Waals surface area contributed by atoms with Crippen LogP contribution in [-0.2, 0) is 12.8 Å². The average molecular weight is 355 g/mol. The number of aryl methyl sites for hydroxylation is 1. The Bertz CT molecular complexity index is 732. The highest BCUT2D eigenvalue weighted by Crippen LogP contribution is 2.29. The van der Waals surface area contributed by atoms with Gasteiger partial charge < -0.3 is 5.73 Å². The fraction of sp³-hybridized carbons (Fsp3) is 0.286. The molecule has 0 saturated heterocycles. The van der Waals surface area contributed by atoms with Gasteiger partial charge in [0.2, 0.25) is 0 Å². The van der Waals surface area contributed by atoms with Crippen LogP contribution >= 0.6 is 23.7 Å². The van der Waals surface area contributed by atoms with Gasteiger partial charge in [0.05, 0.1) is 10.6 Å². The van der Waals surface area contributed by atoms with Crippen LogP contribution in [0.2, 0.25) is 0 Å². The number of aromatic nitrogens is 1. The van der Waals surface area contributed by atoms with Crippen molar-refractivity contribution in [3.05, 3.63) is 50.5 Å². The van der Waals surface area contributed by atoms with Crippen molar-refractivity contribution in [1.82, 2.24) is 4.98 Å². The molecule has 23 heavy (non-hydrogen) atoms.